The molecule has 1 aliphatic rings. The van der Waals surface area contributed by atoms with Crippen LogP contribution in [0.1, 0.15) is 37.8 Å². The first kappa shape index (κ1) is 21.0. The summed E-state index contributed by atoms with van der Waals surface area (Å²) in [6.45, 7) is 3.38. The minimum Gasteiger partial charge on any atom is -0.497 e. The van der Waals surface area contributed by atoms with Crippen LogP contribution in [0.5, 0.6) is 11.5 Å². The first-order valence-electron chi connectivity index (χ1n) is 10.8. The summed E-state index contributed by atoms with van der Waals surface area (Å²) in [5, 5.41) is 0. The maximum absolute atomic E-state index is 13.4. The Bertz CT molecular complexity index is 1150. The maximum atomic E-state index is 13.4. The number of amides is 1. The second-order valence-electron chi connectivity index (χ2n) is 7.86. The van der Waals surface area contributed by atoms with Gasteiger partial charge in [0.1, 0.15) is 18.0 Å². The maximum Gasteiger partial charge on any atom is 0.329 e. The summed E-state index contributed by atoms with van der Waals surface area (Å²) in [5.41, 5.74) is 2.51. The molecule has 0 aliphatic carbocycles. The van der Waals surface area contributed by atoms with Crippen molar-refractivity contribution < 1.29 is 14.3 Å². The predicted molar refractivity (Wildman–Crippen MR) is 120 cm³/mol. The fraction of sp³-hybridized carbons (Fsp3) is 0.417. The number of fused-ring (bicyclic) bond motifs is 1. The number of para-hydroxylation sites is 2. The third-order valence-corrected chi connectivity index (χ3v) is 6.04. The van der Waals surface area contributed by atoms with Gasteiger partial charge in [0.25, 0.3) is 0 Å². The number of rotatable bonds is 7. The molecule has 1 aromatic heterocycles. The number of imidazole rings is 1. The van der Waals surface area contributed by atoms with Crippen molar-refractivity contribution in [3.63, 3.8) is 0 Å². The van der Waals surface area contributed by atoms with Gasteiger partial charge in [-0.05, 0) is 43.5 Å². The van der Waals surface area contributed by atoms with Gasteiger partial charge < -0.3 is 14.4 Å². The zero-order valence-electron chi connectivity index (χ0n) is 18.3. The molecule has 0 unspecified atom stereocenters. The molecular formula is C24H29N3O4. The van der Waals surface area contributed by atoms with Gasteiger partial charge in [-0.15, -0.1) is 0 Å². The number of hydrogen-bond donors (Lipinski definition) is 0. The first-order valence-corrected chi connectivity index (χ1v) is 10.8. The Kier molecular flexibility index (Phi) is 6.02. The third-order valence-electron chi connectivity index (χ3n) is 6.04. The Morgan fingerprint density at radius 3 is 2.48 bits per heavy atom. The molecule has 3 aromatic rings. The van der Waals surface area contributed by atoms with Gasteiger partial charge in [-0.25, -0.2) is 4.79 Å². The van der Waals surface area contributed by atoms with E-state index in [4.69, 9.17) is 9.47 Å². The highest BCUT2D eigenvalue weighted by molar-refractivity contribution is 5.81. The van der Waals surface area contributed by atoms with Crippen LogP contribution in [-0.2, 0) is 17.9 Å². The van der Waals surface area contributed by atoms with Crippen LogP contribution in [0.3, 0.4) is 0 Å². The number of methoxy groups -OCH3 is 2. The van der Waals surface area contributed by atoms with Gasteiger partial charge in [-0.1, -0.05) is 19.1 Å². The summed E-state index contributed by atoms with van der Waals surface area (Å²) >= 11 is 0. The van der Waals surface area contributed by atoms with E-state index in [9.17, 15) is 9.59 Å². The van der Waals surface area contributed by atoms with Gasteiger partial charge in [0, 0.05) is 24.7 Å². The summed E-state index contributed by atoms with van der Waals surface area (Å²) in [6, 6.07) is 13.3. The zero-order valence-corrected chi connectivity index (χ0v) is 18.3. The Balaban J connectivity index is 1.65. The second kappa shape index (κ2) is 8.88. The lowest BCUT2D eigenvalue weighted by Crippen LogP contribution is -2.36. The largest absolute Gasteiger partial charge is 0.497 e. The van der Waals surface area contributed by atoms with E-state index in [1.165, 1.54) is 0 Å². The van der Waals surface area contributed by atoms with E-state index in [1.54, 1.807) is 23.4 Å². The third kappa shape index (κ3) is 3.80. The SMILES string of the molecule is CCCn1c(=O)n(CC(=O)N2CCC[C@H]2c2ccc(OC)cc2OC)c2ccccc21. The molecule has 0 spiro atoms. The number of aromatic nitrogens is 2. The number of nitrogens with zero attached hydrogens (tertiary/aromatic N) is 3. The summed E-state index contributed by atoms with van der Waals surface area (Å²) in [7, 11) is 3.24. The van der Waals surface area contributed by atoms with Crippen LogP contribution < -0.4 is 15.2 Å². The van der Waals surface area contributed by atoms with Crippen molar-refractivity contribution in [1.29, 1.82) is 0 Å². The lowest BCUT2D eigenvalue weighted by atomic mass is 10.0. The number of benzene rings is 2. The van der Waals surface area contributed by atoms with Gasteiger partial charge in [0.15, 0.2) is 0 Å². The van der Waals surface area contributed by atoms with Gasteiger partial charge in [0.05, 0.1) is 31.3 Å². The lowest BCUT2D eigenvalue weighted by molar-refractivity contribution is -0.132. The zero-order chi connectivity index (χ0) is 22.0. The predicted octanol–water partition coefficient (Wildman–Crippen LogP) is 3.59. The van der Waals surface area contributed by atoms with Crippen molar-refractivity contribution in [2.75, 3.05) is 20.8 Å². The molecule has 2 aromatic carbocycles. The van der Waals surface area contributed by atoms with Gasteiger partial charge in [-0.3, -0.25) is 13.9 Å². The molecule has 2 heterocycles. The Labute approximate surface area is 181 Å². The quantitative estimate of drug-likeness (QED) is 0.583. The van der Waals surface area contributed by atoms with E-state index < -0.39 is 0 Å². The molecule has 1 saturated heterocycles. The number of carbonyl (C=O) groups excluding carboxylic acids is 1. The van der Waals surface area contributed by atoms with Crippen molar-refractivity contribution in [3.8, 4) is 11.5 Å². The number of ether oxygens (including phenoxy) is 2. The molecule has 7 heteroatoms. The Hall–Kier alpha value is -3.22. The molecule has 0 bridgehead atoms. The molecular weight excluding hydrogens is 394 g/mol. The lowest BCUT2D eigenvalue weighted by Gasteiger charge is -2.26. The van der Waals surface area contributed by atoms with E-state index in [2.05, 4.69) is 0 Å². The fourth-order valence-electron chi connectivity index (χ4n) is 4.57. The van der Waals surface area contributed by atoms with E-state index in [0.29, 0.717) is 24.6 Å². The van der Waals surface area contributed by atoms with E-state index in [-0.39, 0.29) is 24.2 Å². The van der Waals surface area contributed by atoms with Gasteiger partial charge in [-0.2, -0.15) is 0 Å². The smallest absolute Gasteiger partial charge is 0.329 e. The van der Waals surface area contributed by atoms with E-state index in [0.717, 1.165) is 35.9 Å². The monoisotopic (exact) mass is 423 g/mol. The van der Waals surface area contributed by atoms with Crippen LogP contribution in [0, 0.1) is 0 Å². The molecule has 7 nitrogen and oxygen atoms in total. The van der Waals surface area contributed by atoms with Gasteiger partial charge in [0.2, 0.25) is 5.91 Å². The number of carbonyl (C=O) groups is 1. The summed E-state index contributed by atoms with van der Waals surface area (Å²) in [5.74, 6) is 1.37. The highest BCUT2D eigenvalue weighted by atomic mass is 16.5. The van der Waals surface area contributed by atoms with Crippen LogP contribution in [0.25, 0.3) is 11.0 Å². The van der Waals surface area contributed by atoms with Gasteiger partial charge >= 0.3 is 5.69 Å². The summed E-state index contributed by atoms with van der Waals surface area (Å²) in [4.78, 5) is 28.3. The van der Waals surface area contributed by atoms with Crippen molar-refractivity contribution in [1.82, 2.24) is 14.0 Å². The van der Waals surface area contributed by atoms with Crippen LogP contribution >= 0.6 is 0 Å². The summed E-state index contributed by atoms with van der Waals surface area (Å²) < 4.78 is 14.2. The standard InChI is InChI=1S/C24H29N3O4/c1-4-13-26-20-8-5-6-9-21(20)27(24(26)29)16-23(28)25-14-7-10-19(25)18-12-11-17(30-2)15-22(18)31-3/h5-6,8-9,11-12,15,19H,4,7,10,13-14,16H2,1-3H3/t19-/m0/s1. The molecule has 4 rings (SSSR count). The number of likely N-dealkylation sites (tertiary alicyclic amines) is 1. The molecule has 164 valence electrons. The van der Waals surface area contributed by atoms with Crippen LogP contribution in [0.4, 0.5) is 0 Å². The van der Waals surface area contributed by atoms with Crippen molar-refractivity contribution in [2.24, 2.45) is 0 Å². The topological polar surface area (TPSA) is 65.7 Å². The minimum absolute atomic E-state index is 0.0328. The molecule has 31 heavy (non-hydrogen) atoms. The Morgan fingerprint density at radius 1 is 1.06 bits per heavy atom. The minimum atomic E-state index is -0.130. The Morgan fingerprint density at radius 2 is 1.81 bits per heavy atom. The highest BCUT2D eigenvalue weighted by Crippen LogP contribution is 2.38. The molecule has 1 atom stereocenters. The molecule has 0 radical (unpaired) electrons. The molecule has 0 saturated carbocycles. The second-order valence-corrected chi connectivity index (χ2v) is 7.86. The molecule has 1 aliphatic heterocycles. The number of aryl methyl sites for hydroxylation is 1. The average molecular weight is 424 g/mol. The van der Waals surface area contributed by atoms with Crippen molar-refractivity contribution in [2.45, 2.75) is 45.3 Å². The van der Waals surface area contributed by atoms with Crippen LogP contribution in [-0.4, -0.2) is 40.7 Å². The van der Waals surface area contributed by atoms with E-state index in [1.807, 2.05) is 54.3 Å². The summed E-state index contributed by atoms with van der Waals surface area (Å²) in [6.07, 6.45) is 2.63. The highest BCUT2D eigenvalue weighted by Gasteiger charge is 2.32. The van der Waals surface area contributed by atoms with Crippen molar-refractivity contribution >= 4 is 16.9 Å². The average Bonchev–Trinajstić information content (AvgIpc) is 3.38. The molecule has 1 amide bonds. The molecule has 1 fully saturated rings. The van der Waals surface area contributed by atoms with Crippen LogP contribution in [0.2, 0.25) is 0 Å². The van der Waals surface area contributed by atoms with E-state index >= 15 is 0 Å². The normalized spacial score (nSPS) is 16.1. The van der Waals surface area contributed by atoms with Crippen LogP contribution in [0.15, 0.2) is 47.3 Å². The fourth-order valence-corrected chi connectivity index (χ4v) is 4.57. The number of hydrogen-bond acceptors (Lipinski definition) is 4. The molecule has 0 N–H and O–H groups in total. The first-order chi connectivity index (χ1) is 15.1. The van der Waals surface area contributed by atoms with Crippen molar-refractivity contribution in [3.05, 3.63) is 58.5 Å².